The molecule has 0 spiro atoms. The fourth-order valence-corrected chi connectivity index (χ4v) is 3.24. The molecule has 4 rings (SSSR count). The highest BCUT2D eigenvalue weighted by Gasteiger charge is 2.22. The molecule has 144 valence electrons. The first-order valence-corrected chi connectivity index (χ1v) is 9.09. The van der Waals surface area contributed by atoms with Crippen LogP contribution in [-0.4, -0.2) is 25.5 Å². The zero-order valence-electron chi connectivity index (χ0n) is 16.0. The van der Waals surface area contributed by atoms with Gasteiger partial charge in [-0.25, -0.2) is 14.5 Å². The minimum Gasteiger partial charge on any atom is -0.381 e. The number of nitrogens with one attached hydrogen (secondary N) is 1. The van der Waals surface area contributed by atoms with Crippen LogP contribution in [-0.2, 0) is 0 Å². The molecule has 0 aliphatic rings. The Bertz CT molecular complexity index is 1310. The third-order valence-electron chi connectivity index (χ3n) is 4.73. The highest BCUT2D eigenvalue weighted by molar-refractivity contribution is 6.04. The molecule has 0 saturated heterocycles. The number of nitrogens with zero attached hydrogens (tertiary/aromatic N) is 4. The van der Waals surface area contributed by atoms with Crippen LogP contribution in [0.15, 0.2) is 54.9 Å². The molecule has 3 aromatic heterocycles. The SMILES string of the molecule is C=c1cc(C(C)NC(=O)c2c(N)nn3cccnc23)c(-c2ccccc2)nc1=C. The van der Waals surface area contributed by atoms with Gasteiger partial charge in [0.05, 0.1) is 17.1 Å². The number of carbonyl (C=O) groups is 1. The summed E-state index contributed by atoms with van der Waals surface area (Å²) in [5.41, 5.74) is 9.15. The third-order valence-corrected chi connectivity index (χ3v) is 4.73. The Hall–Kier alpha value is -4.00. The van der Waals surface area contributed by atoms with Gasteiger partial charge in [0.25, 0.3) is 5.91 Å². The Labute approximate surface area is 167 Å². The molecule has 3 heterocycles. The maximum absolute atomic E-state index is 13.0. The number of nitrogen functional groups attached to an aromatic ring is 1. The Balaban J connectivity index is 1.73. The van der Waals surface area contributed by atoms with Crippen molar-refractivity contribution in [2.24, 2.45) is 0 Å². The van der Waals surface area contributed by atoms with Crippen molar-refractivity contribution in [2.45, 2.75) is 13.0 Å². The first-order chi connectivity index (χ1) is 14.0. The minimum absolute atomic E-state index is 0.126. The van der Waals surface area contributed by atoms with Gasteiger partial charge >= 0.3 is 0 Å². The van der Waals surface area contributed by atoms with E-state index >= 15 is 0 Å². The van der Waals surface area contributed by atoms with Crippen LogP contribution in [0.2, 0.25) is 0 Å². The molecule has 3 N–H and O–H groups in total. The van der Waals surface area contributed by atoms with E-state index in [1.807, 2.05) is 43.3 Å². The number of amides is 1. The Kier molecular flexibility index (Phi) is 4.56. The van der Waals surface area contributed by atoms with Crippen molar-refractivity contribution < 1.29 is 4.79 Å². The summed E-state index contributed by atoms with van der Waals surface area (Å²) in [6.07, 6.45) is 3.29. The fourth-order valence-electron chi connectivity index (χ4n) is 3.24. The average molecular weight is 384 g/mol. The lowest BCUT2D eigenvalue weighted by Gasteiger charge is -2.18. The molecule has 0 radical (unpaired) electrons. The number of carbonyl (C=O) groups excluding carboxylic acids is 1. The monoisotopic (exact) mass is 384 g/mol. The quantitative estimate of drug-likeness (QED) is 0.558. The number of fused-ring (bicyclic) bond motifs is 1. The average Bonchev–Trinajstić information content (AvgIpc) is 3.06. The van der Waals surface area contributed by atoms with Crippen molar-refractivity contribution in [2.75, 3.05) is 5.73 Å². The van der Waals surface area contributed by atoms with Crippen molar-refractivity contribution in [3.63, 3.8) is 0 Å². The van der Waals surface area contributed by atoms with Gasteiger partial charge < -0.3 is 11.1 Å². The van der Waals surface area contributed by atoms with E-state index in [0.29, 0.717) is 16.2 Å². The Morgan fingerprint density at radius 2 is 1.97 bits per heavy atom. The van der Waals surface area contributed by atoms with Crippen molar-refractivity contribution in [1.29, 1.82) is 0 Å². The number of pyridine rings is 1. The summed E-state index contributed by atoms with van der Waals surface area (Å²) in [6, 6.07) is 13.0. The predicted octanol–water partition coefficient (Wildman–Crippen LogP) is 1.69. The van der Waals surface area contributed by atoms with Crippen LogP contribution >= 0.6 is 0 Å². The fraction of sp³-hybridized carbons (Fsp3) is 0.0909. The van der Waals surface area contributed by atoms with Crippen molar-refractivity contribution in [3.05, 3.63) is 76.6 Å². The van der Waals surface area contributed by atoms with Gasteiger partial charge in [-0.3, -0.25) is 4.79 Å². The van der Waals surface area contributed by atoms with Gasteiger partial charge in [0.1, 0.15) is 5.56 Å². The number of hydrogen-bond acceptors (Lipinski definition) is 5. The van der Waals surface area contributed by atoms with E-state index in [1.165, 1.54) is 4.52 Å². The molecule has 7 heteroatoms. The lowest BCUT2D eigenvalue weighted by molar-refractivity contribution is 0.0942. The summed E-state index contributed by atoms with van der Waals surface area (Å²) in [6.45, 7) is 9.85. The van der Waals surface area contributed by atoms with Gasteiger partial charge in [0.15, 0.2) is 11.5 Å². The van der Waals surface area contributed by atoms with Gasteiger partial charge in [-0.15, -0.1) is 5.10 Å². The van der Waals surface area contributed by atoms with Gasteiger partial charge in [-0.05, 0) is 24.3 Å². The van der Waals surface area contributed by atoms with Crippen LogP contribution in [0.5, 0.6) is 0 Å². The molecule has 1 amide bonds. The summed E-state index contributed by atoms with van der Waals surface area (Å²) in [4.78, 5) is 21.8. The number of hydrogen-bond donors (Lipinski definition) is 2. The standard InChI is InChI=1S/C22H20N6O/c1-13-12-17(19(25-14(13)2)16-8-5-4-6-9-16)15(3)26-22(29)18-20(23)27-28-11-7-10-24-21(18)28/h4-12,15H,1-2H2,3H3,(H2,23,27)(H,26,29). The van der Waals surface area contributed by atoms with Crippen LogP contribution in [0, 0.1) is 0 Å². The van der Waals surface area contributed by atoms with Crippen LogP contribution in [0.4, 0.5) is 5.82 Å². The first-order valence-electron chi connectivity index (χ1n) is 9.09. The zero-order valence-corrected chi connectivity index (χ0v) is 16.0. The summed E-state index contributed by atoms with van der Waals surface area (Å²) < 4.78 is 1.48. The molecular weight excluding hydrogens is 364 g/mol. The van der Waals surface area contributed by atoms with E-state index in [4.69, 9.17) is 5.73 Å². The van der Waals surface area contributed by atoms with Crippen molar-refractivity contribution in [3.8, 4) is 11.3 Å². The topological polar surface area (TPSA) is 98.2 Å². The summed E-state index contributed by atoms with van der Waals surface area (Å²) >= 11 is 0. The number of nitrogens with two attached hydrogens (primary N) is 1. The Morgan fingerprint density at radius 1 is 1.21 bits per heavy atom. The highest BCUT2D eigenvalue weighted by atomic mass is 16.1. The first kappa shape index (κ1) is 18.4. The summed E-state index contributed by atoms with van der Waals surface area (Å²) in [5.74, 6) is -0.229. The lowest BCUT2D eigenvalue weighted by atomic mass is 9.99. The zero-order chi connectivity index (χ0) is 20.5. The second-order valence-electron chi connectivity index (χ2n) is 6.74. The smallest absolute Gasteiger partial charge is 0.259 e. The lowest BCUT2D eigenvalue weighted by Crippen LogP contribution is -2.32. The number of anilines is 1. The van der Waals surface area contributed by atoms with Gasteiger partial charge in [-0.2, -0.15) is 0 Å². The van der Waals surface area contributed by atoms with E-state index < -0.39 is 0 Å². The minimum atomic E-state index is -0.357. The van der Waals surface area contributed by atoms with E-state index in [0.717, 1.165) is 16.8 Å². The van der Waals surface area contributed by atoms with Crippen LogP contribution < -0.4 is 21.6 Å². The molecule has 7 nitrogen and oxygen atoms in total. The van der Waals surface area contributed by atoms with Crippen LogP contribution in [0.25, 0.3) is 30.1 Å². The molecule has 0 bridgehead atoms. The number of rotatable bonds is 4. The molecular formula is C22H20N6O. The largest absolute Gasteiger partial charge is 0.381 e. The normalized spacial score (nSPS) is 12.0. The van der Waals surface area contributed by atoms with E-state index in [2.05, 4.69) is 33.5 Å². The second-order valence-corrected chi connectivity index (χ2v) is 6.74. The summed E-state index contributed by atoms with van der Waals surface area (Å²) in [7, 11) is 0. The summed E-state index contributed by atoms with van der Waals surface area (Å²) in [5, 5.41) is 8.44. The van der Waals surface area contributed by atoms with Crippen molar-refractivity contribution >= 4 is 30.5 Å². The van der Waals surface area contributed by atoms with Gasteiger partial charge in [0, 0.05) is 23.5 Å². The molecule has 1 atom stereocenters. The van der Waals surface area contributed by atoms with Crippen LogP contribution in [0.3, 0.4) is 0 Å². The van der Waals surface area contributed by atoms with Gasteiger partial charge in [-0.1, -0.05) is 43.5 Å². The van der Waals surface area contributed by atoms with E-state index in [1.54, 1.807) is 18.5 Å². The maximum atomic E-state index is 13.0. The van der Waals surface area contributed by atoms with Gasteiger partial charge in [0.2, 0.25) is 0 Å². The third kappa shape index (κ3) is 3.34. The maximum Gasteiger partial charge on any atom is 0.259 e. The molecule has 1 unspecified atom stereocenters. The molecule has 1 aromatic carbocycles. The number of aromatic nitrogens is 4. The Morgan fingerprint density at radius 3 is 2.72 bits per heavy atom. The van der Waals surface area contributed by atoms with E-state index in [-0.39, 0.29) is 23.3 Å². The number of benzene rings is 1. The molecule has 0 saturated carbocycles. The van der Waals surface area contributed by atoms with E-state index in [9.17, 15) is 4.79 Å². The van der Waals surface area contributed by atoms with Crippen LogP contribution in [0.1, 0.15) is 28.9 Å². The molecule has 4 aromatic rings. The molecule has 29 heavy (non-hydrogen) atoms. The molecule has 0 fully saturated rings. The molecule has 0 aliphatic heterocycles. The highest BCUT2D eigenvalue weighted by Crippen LogP contribution is 2.25. The predicted molar refractivity (Wildman–Crippen MR) is 113 cm³/mol. The molecule has 0 aliphatic carbocycles. The second kappa shape index (κ2) is 7.20. The van der Waals surface area contributed by atoms with Crippen molar-refractivity contribution in [1.82, 2.24) is 24.9 Å².